The highest BCUT2D eigenvalue weighted by molar-refractivity contribution is 9.11. The van der Waals surface area contributed by atoms with Crippen LogP contribution in [0.25, 0.3) is 0 Å². The second kappa shape index (κ2) is 7.77. The van der Waals surface area contributed by atoms with Crippen molar-refractivity contribution in [2.75, 3.05) is 13.7 Å². The minimum atomic E-state index is -0.0739. The molecule has 1 aromatic rings. The van der Waals surface area contributed by atoms with Crippen LogP contribution in [0.2, 0.25) is 0 Å². The summed E-state index contributed by atoms with van der Waals surface area (Å²) < 4.78 is 7.74. The lowest BCUT2D eigenvalue weighted by molar-refractivity contribution is 0.0117. The maximum Gasteiger partial charge on any atom is 0.0623 e. The quantitative estimate of drug-likeness (QED) is 0.699. The topological polar surface area (TPSA) is 21.3 Å². The van der Waals surface area contributed by atoms with E-state index in [2.05, 4.69) is 76.1 Å². The lowest BCUT2D eigenvalue weighted by Gasteiger charge is -2.27. The average Bonchev–Trinajstić information content (AvgIpc) is 2.35. The Hall–Kier alpha value is 0.1000. The van der Waals surface area contributed by atoms with Gasteiger partial charge in [0.15, 0.2) is 0 Å². The zero-order chi connectivity index (χ0) is 14.5. The molecular weight excluding hydrogens is 370 g/mol. The number of ether oxygens (including phenoxy) is 1. The molecule has 0 heterocycles. The molecule has 0 aliphatic rings. The minimum absolute atomic E-state index is 0.0739. The summed E-state index contributed by atoms with van der Waals surface area (Å²) in [6.07, 6.45) is 2.07. The molecule has 19 heavy (non-hydrogen) atoms. The van der Waals surface area contributed by atoms with Crippen molar-refractivity contribution in [3.8, 4) is 0 Å². The molecule has 108 valence electrons. The van der Waals surface area contributed by atoms with Gasteiger partial charge < -0.3 is 10.1 Å². The Labute approximate surface area is 133 Å². The summed E-state index contributed by atoms with van der Waals surface area (Å²) in [5.41, 5.74) is 1.23. The van der Waals surface area contributed by atoms with Crippen LogP contribution in [0.3, 0.4) is 0 Å². The van der Waals surface area contributed by atoms with E-state index in [1.165, 1.54) is 5.56 Å². The molecule has 0 saturated heterocycles. The molecule has 0 spiro atoms. The Morgan fingerprint density at radius 3 is 2.53 bits per heavy atom. The molecule has 1 rings (SSSR count). The van der Waals surface area contributed by atoms with Gasteiger partial charge in [0.25, 0.3) is 0 Å². The van der Waals surface area contributed by atoms with Crippen molar-refractivity contribution >= 4 is 31.9 Å². The molecule has 0 amide bonds. The monoisotopic (exact) mass is 391 g/mol. The predicted molar refractivity (Wildman–Crippen MR) is 88.6 cm³/mol. The molecule has 2 nitrogen and oxygen atoms in total. The summed E-state index contributed by atoms with van der Waals surface area (Å²) >= 11 is 7.15. The molecule has 1 N–H and O–H groups in total. The van der Waals surface area contributed by atoms with E-state index in [-0.39, 0.29) is 5.60 Å². The summed E-state index contributed by atoms with van der Waals surface area (Å²) in [7, 11) is 1.78. The zero-order valence-corrected chi connectivity index (χ0v) is 15.3. The van der Waals surface area contributed by atoms with E-state index >= 15 is 0 Å². The van der Waals surface area contributed by atoms with Crippen LogP contribution < -0.4 is 5.32 Å². The van der Waals surface area contributed by atoms with Crippen molar-refractivity contribution < 1.29 is 4.74 Å². The number of nitrogens with one attached hydrogen (secondary N) is 1. The van der Waals surface area contributed by atoms with Crippen molar-refractivity contribution in [3.63, 3.8) is 0 Å². The van der Waals surface area contributed by atoms with E-state index in [0.717, 1.165) is 28.3 Å². The van der Waals surface area contributed by atoms with Crippen LogP contribution in [-0.2, 0) is 4.74 Å². The van der Waals surface area contributed by atoms with E-state index in [1.807, 2.05) is 0 Å². The first-order valence-electron chi connectivity index (χ1n) is 6.63. The highest BCUT2D eigenvalue weighted by atomic mass is 79.9. The summed E-state index contributed by atoms with van der Waals surface area (Å²) in [4.78, 5) is 0. The number of methoxy groups -OCH3 is 1. The Morgan fingerprint density at radius 2 is 2.00 bits per heavy atom. The summed E-state index contributed by atoms with van der Waals surface area (Å²) in [6.45, 7) is 7.36. The first kappa shape index (κ1) is 17.2. The van der Waals surface area contributed by atoms with Crippen LogP contribution in [-0.4, -0.2) is 19.3 Å². The highest BCUT2D eigenvalue weighted by Gasteiger charge is 2.21. The maximum absolute atomic E-state index is 5.50. The molecule has 0 bridgehead atoms. The summed E-state index contributed by atoms with van der Waals surface area (Å²) in [6, 6.07) is 6.70. The molecule has 1 unspecified atom stereocenters. The van der Waals surface area contributed by atoms with E-state index in [9.17, 15) is 0 Å². The number of benzene rings is 1. The molecule has 0 fully saturated rings. The third kappa shape index (κ3) is 5.54. The smallest absolute Gasteiger partial charge is 0.0623 e. The van der Waals surface area contributed by atoms with E-state index in [0.29, 0.717) is 6.04 Å². The maximum atomic E-state index is 5.50. The van der Waals surface area contributed by atoms with Gasteiger partial charge in [0.1, 0.15) is 0 Å². The third-order valence-corrected chi connectivity index (χ3v) is 4.56. The molecule has 4 heteroatoms. The van der Waals surface area contributed by atoms with Crippen molar-refractivity contribution in [2.45, 2.75) is 45.3 Å². The Morgan fingerprint density at radius 1 is 1.32 bits per heavy atom. The van der Waals surface area contributed by atoms with Gasteiger partial charge in [-0.1, -0.05) is 44.8 Å². The number of hydrogen-bond acceptors (Lipinski definition) is 2. The van der Waals surface area contributed by atoms with E-state index < -0.39 is 0 Å². The van der Waals surface area contributed by atoms with Gasteiger partial charge in [-0.05, 0) is 50.9 Å². The average molecular weight is 393 g/mol. The van der Waals surface area contributed by atoms with E-state index in [4.69, 9.17) is 4.74 Å². The van der Waals surface area contributed by atoms with E-state index in [1.54, 1.807) is 7.11 Å². The van der Waals surface area contributed by atoms with Gasteiger partial charge in [-0.2, -0.15) is 0 Å². The number of hydrogen-bond donors (Lipinski definition) is 1. The third-order valence-electron chi connectivity index (χ3n) is 3.38. The Bertz CT molecular complexity index is 407. The van der Waals surface area contributed by atoms with Gasteiger partial charge in [-0.3, -0.25) is 0 Å². The predicted octanol–water partition coefficient (Wildman–Crippen LogP) is 5.07. The Kier molecular flexibility index (Phi) is 7.01. The van der Waals surface area contributed by atoms with Crippen molar-refractivity contribution in [2.24, 2.45) is 0 Å². The summed E-state index contributed by atoms with van der Waals surface area (Å²) in [5, 5.41) is 3.56. The fourth-order valence-electron chi connectivity index (χ4n) is 1.99. The molecule has 0 aliphatic carbocycles. The lowest BCUT2D eigenvalue weighted by atomic mass is 9.95. The molecule has 0 saturated carbocycles. The van der Waals surface area contributed by atoms with Crippen molar-refractivity contribution in [1.82, 2.24) is 5.32 Å². The second-order valence-electron chi connectivity index (χ2n) is 5.28. The van der Waals surface area contributed by atoms with Crippen LogP contribution in [0, 0.1) is 0 Å². The molecule has 0 aliphatic heterocycles. The van der Waals surface area contributed by atoms with Crippen molar-refractivity contribution in [3.05, 3.63) is 32.7 Å². The Balaban J connectivity index is 2.82. The molecular formula is C15H23Br2NO. The minimum Gasteiger partial charge on any atom is -0.379 e. The molecule has 1 atom stereocenters. The van der Waals surface area contributed by atoms with Gasteiger partial charge in [-0.15, -0.1) is 0 Å². The molecule has 0 radical (unpaired) electrons. The SMILES string of the molecule is CCNC(CCC(C)(C)OC)c1ccc(Br)cc1Br. The van der Waals surface area contributed by atoms with Gasteiger partial charge in [0.2, 0.25) is 0 Å². The largest absolute Gasteiger partial charge is 0.379 e. The second-order valence-corrected chi connectivity index (χ2v) is 7.05. The lowest BCUT2D eigenvalue weighted by Crippen LogP contribution is -2.27. The highest BCUT2D eigenvalue weighted by Crippen LogP contribution is 2.31. The van der Waals surface area contributed by atoms with Gasteiger partial charge in [-0.25, -0.2) is 0 Å². The first-order valence-corrected chi connectivity index (χ1v) is 8.21. The van der Waals surface area contributed by atoms with Gasteiger partial charge in [0, 0.05) is 22.1 Å². The molecule has 0 aromatic heterocycles. The van der Waals surface area contributed by atoms with Gasteiger partial charge in [0.05, 0.1) is 5.60 Å². The summed E-state index contributed by atoms with van der Waals surface area (Å²) in [5.74, 6) is 0. The fraction of sp³-hybridized carbons (Fsp3) is 0.600. The normalized spacial score (nSPS) is 13.6. The zero-order valence-electron chi connectivity index (χ0n) is 12.1. The van der Waals surface area contributed by atoms with Crippen molar-refractivity contribution in [1.29, 1.82) is 0 Å². The number of rotatable bonds is 7. The molecule has 1 aromatic carbocycles. The van der Waals surface area contributed by atoms with Crippen LogP contribution in [0.1, 0.15) is 45.2 Å². The van der Waals surface area contributed by atoms with Crippen LogP contribution in [0.4, 0.5) is 0 Å². The van der Waals surface area contributed by atoms with Crippen LogP contribution >= 0.6 is 31.9 Å². The fourth-order valence-corrected chi connectivity index (χ4v) is 3.32. The standard InChI is InChI=1S/C15H23Br2NO/c1-5-18-14(8-9-15(2,3)19-4)12-7-6-11(16)10-13(12)17/h6-7,10,14,18H,5,8-9H2,1-4H3. The van der Waals surface area contributed by atoms with Gasteiger partial charge >= 0.3 is 0 Å². The van der Waals surface area contributed by atoms with Crippen LogP contribution in [0.15, 0.2) is 27.1 Å². The van der Waals surface area contributed by atoms with Crippen LogP contribution in [0.5, 0.6) is 0 Å². The number of halogens is 2. The first-order chi connectivity index (χ1) is 8.89.